The summed E-state index contributed by atoms with van der Waals surface area (Å²) in [6, 6.07) is 25.2. The highest BCUT2D eigenvalue weighted by atomic mass is 35.5. The van der Waals surface area contributed by atoms with Crippen molar-refractivity contribution in [2.75, 3.05) is 6.54 Å². The van der Waals surface area contributed by atoms with E-state index in [1.165, 1.54) is 6.07 Å². The third kappa shape index (κ3) is 12.0. The van der Waals surface area contributed by atoms with Gasteiger partial charge in [0.05, 0.1) is 28.3 Å². The Morgan fingerprint density at radius 3 is 1.17 bits per heavy atom. The second-order valence-electron chi connectivity index (χ2n) is 25.3. The van der Waals surface area contributed by atoms with Gasteiger partial charge in [0.1, 0.15) is 23.0 Å². The summed E-state index contributed by atoms with van der Waals surface area (Å²) in [5, 5.41) is 140. The first-order valence-electron chi connectivity index (χ1n) is 30.9. The van der Waals surface area contributed by atoms with Crippen molar-refractivity contribution in [1.29, 1.82) is 0 Å². The molecule has 10 aromatic rings. The summed E-state index contributed by atoms with van der Waals surface area (Å²) in [6.07, 6.45) is 5.08. The van der Waals surface area contributed by atoms with Gasteiger partial charge in [0.2, 0.25) is 0 Å². The number of carbonyl (C=O) groups excluding carboxylic acids is 4. The summed E-state index contributed by atoms with van der Waals surface area (Å²) in [5.41, 5.74) is 4.65. The average molecular weight is 1290 g/mol. The molecule has 484 valence electrons. The van der Waals surface area contributed by atoms with Crippen molar-refractivity contribution in [3.63, 3.8) is 0 Å². The molecule has 2 amide bonds. The molecule has 0 saturated heterocycles. The fourth-order valence-electron chi connectivity index (χ4n) is 12.8. The van der Waals surface area contributed by atoms with E-state index in [9.17, 15) is 80.5 Å². The van der Waals surface area contributed by atoms with Gasteiger partial charge < -0.3 is 71.9 Å². The van der Waals surface area contributed by atoms with Gasteiger partial charge in [-0.15, -0.1) is 0 Å². The minimum Gasteiger partial charge on any atom is -0.507 e. The molecule has 2 unspecified atom stereocenters. The Labute approximate surface area is 544 Å². The number of rotatable bonds is 16. The highest BCUT2D eigenvalue weighted by Crippen LogP contribution is 2.54. The fourth-order valence-corrected chi connectivity index (χ4v) is 12.9. The number of phenolic OH excluding ortho intramolecular Hbond substituents is 12. The van der Waals surface area contributed by atoms with Crippen LogP contribution in [0.3, 0.4) is 0 Å². The van der Waals surface area contributed by atoms with Crippen LogP contribution in [0.1, 0.15) is 151 Å². The summed E-state index contributed by atoms with van der Waals surface area (Å²) in [6.45, 7) is 12.7. The molecule has 10 aromatic carbocycles. The van der Waals surface area contributed by atoms with Crippen LogP contribution in [-0.4, -0.2) is 91.2 Å². The Morgan fingerprint density at radius 1 is 0.426 bits per heavy atom. The van der Waals surface area contributed by atoms with Gasteiger partial charge in [0.15, 0.2) is 57.6 Å². The van der Waals surface area contributed by atoms with Crippen LogP contribution in [0.2, 0.25) is 5.02 Å². The number of amides is 2. The summed E-state index contributed by atoms with van der Waals surface area (Å²) in [4.78, 5) is 53.6. The Bertz CT molecular complexity index is 4540. The van der Waals surface area contributed by atoms with Crippen LogP contribution in [0.5, 0.6) is 69.0 Å². The predicted octanol–water partition coefficient (Wildman–Crippen LogP) is 15.4. The summed E-state index contributed by atoms with van der Waals surface area (Å²) in [7, 11) is 0. The minimum absolute atomic E-state index is 0.0199. The van der Waals surface area contributed by atoms with E-state index < -0.39 is 75.4 Å². The van der Waals surface area contributed by atoms with E-state index in [-0.39, 0.29) is 129 Å². The van der Waals surface area contributed by atoms with E-state index in [2.05, 4.69) is 10.6 Å². The molecule has 18 nitrogen and oxygen atoms in total. The number of Topliss-reactive ketones (excluding diaryl/α,β-unsaturated/α-hetero) is 2. The second kappa shape index (κ2) is 25.1. The lowest BCUT2D eigenvalue weighted by molar-refractivity contribution is 0.0933. The third-order valence-electron chi connectivity index (χ3n) is 18.4. The molecule has 0 spiro atoms. The number of hydrogen-bond donors (Lipinski definition) is 14. The standard InChI is InChI=1S/C42H38ClNO8.C33H33NO8/c1-19-6-8-24(9-7-19)20(2)16-31(45)36-27-14-21(3)34(38(48)29(27)17-32(46)40(36)50)35-22(4)15-28-30(39(35)49)18-33(47)41(51)37(28)42(52)44-23(5)25-10-12-26(43)13-11-25;1-14-9-18-20(11-23(36)31(40)27(18)22(35)8-7-16-3-4-16)29(38)25(14)26-15(2)10-19-21(30(26)39)12-24(37)32(41)28(19)33(42)34-13-17-5-6-17/h6-15,17-18,20,23,46-51H,16H2,1-5H3,(H,44,52);9-12,16-17,36-41H,3-8,13H2,1-2H3,(H,34,42). The van der Waals surface area contributed by atoms with Gasteiger partial charge in [0.25, 0.3) is 11.8 Å². The van der Waals surface area contributed by atoms with Crippen molar-refractivity contribution >= 4 is 78.1 Å². The third-order valence-corrected chi connectivity index (χ3v) is 18.6. The lowest BCUT2D eigenvalue weighted by Gasteiger charge is -2.21. The van der Waals surface area contributed by atoms with Gasteiger partial charge in [-0.2, -0.15) is 0 Å². The summed E-state index contributed by atoms with van der Waals surface area (Å²) >= 11 is 6.01. The van der Waals surface area contributed by atoms with Crippen LogP contribution in [0.15, 0.2) is 97.1 Å². The molecule has 2 aliphatic rings. The number of hydrogen-bond acceptors (Lipinski definition) is 16. The zero-order valence-corrected chi connectivity index (χ0v) is 53.3. The highest BCUT2D eigenvalue weighted by molar-refractivity contribution is 6.30. The zero-order chi connectivity index (χ0) is 67.8. The van der Waals surface area contributed by atoms with Crippen LogP contribution in [0, 0.1) is 46.5 Å². The number of nitrogens with one attached hydrogen (secondary N) is 2. The molecule has 2 aliphatic carbocycles. The monoisotopic (exact) mass is 1290 g/mol. The number of phenols is 12. The maximum Gasteiger partial charge on any atom is 0.256 e. The fraction of sp³-hybridized carbons (Fsp3) is 0.253. The van der Waals surface area contributed by atoms with E-state index in [0.29, 0.717) is 52.1 Å². The number of ketones is 2. The van der Waals surface area contributed by atoms with Crippen molar-refractivity contribution in [1.82, 2.24) is 10.6 Å². The van der Waals surface area contributed by atoms with Gasteiger partial charge in [-0.1, -0.05) is 73.3 Å². The molecular formula is C75H71ClN2O16. The van der Waals surface area contributed by atoms with Gasteiger partial charge >= 0.3 is 0 Å². The van der Waals surface area contributed by atoms with Gasteiger partial charge in [-0.05, 0) is 173 Å². The average Bonchev–Trinajstić information content (AvgIpc) is 1.28. The SMILES string of the molecule is Cc1cc2c(C(=O)CCC3CC3)c(O)c(O)cc2c(O)c1-c1c(C)cc2c(C(=O)NCC3CC3)c(O)c(O)cc2c1O.Cc1ccc(C(C)CC(=O)c2c(O)c(O)cc3c(O)c(-c4c(C)cc5c(C(=O)NC(C)c6ccc(Cl)cc6)c(O)c(O)cc5c4O)c(C)cc23)cc1. The molecule has 2 saturated carbocycles. The zero-order valence-electron chi connectivity index (χ0n) is 52.6. The summed E-state index contributed by atoms with van der Waals surface area (Å²) < 4.78 is 0. The second-order valence-corrected chi connectivity index (χ2v) is 25.7. The first-order chi connectivity index (χ1) is 44.6. The smallest absolute Gasteiger partial charge is 0.256 e. The van der Waals surface area contributed by atoms with Crippen molar-refractivity contribution in [2.24, 2.45) is 11.8 Å². The van der Waals surface area contributed by atoms with Crippen LogP contribution in [0.4, 0.5) is 0 Å². The highest BCUT2D eigenvalue weighted by Gasteiger charge is 2.33. The molecule has 2 atom stereocenters. The van der Waals surface area contributed by atoms with E-state index in [1.807, 2.05) is 38.1 Å². The molecule has 0 aliphatic heterocycles. The van der Waals surface area contributed by atoms with Crippen molar-refractivity contribution in [3.05, 3.63) is 163 Å². The normalized spacial score (nSPS) is 13.6. The molecule has 0 aromatic heterocycles. The van der Waals surface area contributed by atoms with Gasteiger partial charge in [-0.25, -0.2) is 0 Å². The van der Waals surface area contributed by atoms with E-state index in [1.54, 1.807) is 83.1 Å². The van der Waals surface area contributed by atoms with Crippen molar-refractivity contribution in [2.45, 2.75) is 105 Å². The predicted molar refractivity (Wildman–Crippen MR) is 360 cm³/mol. The molecular weight excluding hydrogens is 1220 g/mol. The molecule has 2 fully saturated rings. The summed E-state index contributed by atoms with van der Waals surface area (Å²) in [5.74, 6) is -7.61. The largest absolute Gasteiger partial charge is 0.507 e. The molecule has 12 rings (SSSR count). The maximum atomic E-state index is 13.7. The number of aryl methyl sites for hydroxylation is 5. The first kappa shape index (κ1) is 64.9. The number of halogens is 1. The van der Waals surface area contributed by atoms with Crippen LogP contribution < -0.4 is 10.6 Å². The molecule has 94 heavy (non-hydrogen) atoms. The Morgan fingerprint density at radius 2 is 0.777 bits per heavy atom. The van der Waals surface area contributed by atoms with E-state index in [4.69, 9.17) is 11.6 Å². The van der Waals surface area contributed by atoms with Crippen LogP contribution >= 0.6 is 11.6 Å². The quantitative estimate of drug-likeness (QED) is 0.0316. The lowest BCUT2D eigenvalue weighted by Crippen LogP contribution is -2.27. The molecule has 0 bridgehead atoms. The van der Waals surface area contributed by atoms with Crippen molar-refractivity contribution < 1.29 is 80.5 Å². The minimum atomic E-state index is -0.707. The number of benzene rings is 10. The maximum absolute atomic E-state index is 13.7. The van der Waals surface area contributed by atoms with E-state index in [0.717, 1.165) is 60.6 Å². The number of aromatic hydroxyl groups is 12. The Hall–Kier alpha value is -10.6. The van der Waals surface area contributed by atoms with E-state index >= 15 is 0 Å². The van der Waals surface area contributed by atoms with Crippen molar-refractivity contribution in [3.8, 4) is 91.2 Å². The molecule has 19 heteroatoms. The van der Waals surface area contributed by atoms with Crippen LogP contribution in [0.25, 0.3) is 65.3 Å². The molecule has 14 N–H and O–H groups in total. The Kier molecular flexibility index (Phi) is 17.4. The van der Waals surface area contributed by atoms with Gasteiger partial charge in [0, 0.05) is 89.8 Å². The topological polar surface area (TPSA) is 335 Å². The number of fused-ring (bicyclic) bond motifs is 4. The van der Waals surface area contributed by atoms with Crippen LogP contribution in [-0.2, 0) is 0 Å². The first-order valence-corrected chi connectivity index (χ1v) is 31.3. The Balaban J connectivity index is 0.000000196. The molecule has 0 radical (unpaired) electrons. The molecule has 0 heterocycles. The lowest BCUT2D eigenvalue weighted by atomic mass is 9.86. The van der Waals surface area contributed by atoms with Gasteiger partial charge in [-0.3, -0.25) is 19.2 Å². The number of carbonyl (C=O) groups is 4.